The second-order valence-electron chi connectivity index (χ2n) is 4.32. The van der Waals surface area contributed by atoms with E-state index in [0.717, 1.165) is 19.4 Å². The van der Waals surface area contributed by atoms with E-state index in [-0.39, 0.29) is 5.91 Å². The predicted octanol–water partition coefficient (Wildman–Crippen LogP) is 0.404. The monoisotopic (exact) mass is 228 g/mol. The number of amides is 1. The third-order valence-electron chi connectivity index (χ3n) is 2.87. The summed E-state index contributed by atoms with van der Waals surface area (Å²) in [7, 11) is 1.88. The molecular weight excluding hydrogens is 208 g/mol. The highest BCUT2D eigenvalue weighted by Crippen LogP contribution is 2.17. The van der Waals surface area contributed by atoms with Crippen LogP contribution in [0.5, 0.6) is 0 Å². The molecule has 1 heterocycles. The molecule has 0 aromatic carbocycles. The van der Waals surface area contributed by atoms with Gasteiger partial charge in [0.05, 0.1) is 6.54 Å². The van der Waals surface area contributed by atoms with Gasteiger partial charge in [0.2, 0.25) is 5.91 Å². The van der Waals surface area contributed by atoms with Gasteiger partial charge in [-0.05, 0) is 32.9 Å². The lowest BCUT2D eigenvalue weighted by Crippen LogP contribution is -2.44. The molecule has 0 unspecified atom stereocenters. The van der Waals surface area contributed by atoms with Crippen molar-refractivity contribution in [3.05, 3.63) is 0 Å². The highest BCUT2D eigenvalue weighted by molar-refractivity contribution is 5.85. The fraction of sp³-hybridized carbons (Fsp3) is 0.818. The summed E-state index contributed by atoms with van der Waals surface area (Å²) in [5, 5.41) is 8.96. The molecule has 0 aromatic rings. The molecule has 1 amide bonds. The van der Waals surface area contributed by atoms with Gasteiger partial charge in [0, 0.05) is 6.54 Å². The molecule has 1 atom stereocenters. The lowest BCUT2D eigenvalue weighted by Gasteiger charge is -2.24. The van der Waals surface area contributed by atoms with Crippen molar-refractivity contribution in [3.8, 4) is 0 Å². The first-order valence-corrected chi connectivity index (χ1v) is 5.77. The van der Waals surface area contributed by atoms with Crippen LogP contribution in [0.15, 0.2) is 0 Å². The number of carboxylic acid groups (broad SMARTS) is 1. The van der Waals surface area contributed by atoms with Gasteiger partial charge in [0.25, 0.3) is 0 Å². The number of likely N-dealkylation sites (N-methyl/N-ethyl adjacent to an activating group) is 1. The van der Waals surface area contributed by atoms with Gasteiger partial charge < -0.3 is 10.0 Å². The van der Waals surface area contributed by atoms with Gasteiger partial charge in [0.1, 0.15) is 6.04 Å². The predicted molar refractivity (Wildman–Crippen MR) is 60.2 cm³/mol. The lowest BCUT2D eigenvalue weighted by atomic mass is 10.2. The Balaban J connectivity index is 2.49. The molecule has 1 aliphatic heterocycles. The van der Waals surface area contributed by atoms with Crippen LogP contribution in [0.3, 0.4) is 0 Å². The fourth-order valence-corrected chi connectivity index (χ4v) is 2.10. The van der Waals surface area contributed by atoms with Crippen molar-refractivity contribution >= 4 is 11.9 Å². The van der Waals surface area contributed by atoms with Gasteiger partial charge in [-0.25, -0.2) is 4.79 Å². The highest BCUT2D eigenvalue weighted by Gasteiger charge is 2.33. The zero-order valence-electron chi connectivity index (χ0n) is 9.98. The molecule has 5 heteroatoms. The molecule has 0 aromatic heterocycles. The van der Waals surface area contributed by atoms with Gasteiger partial charge >= 0.3 is 5.97 Å². The summed E-state index contributed by atoms with van der Waals surface area (Å²) in [4.78, 5) is 26.2. The molecule has 0 saturated carbocycles. The zero-order valence-corrected chi connectivity index (χ0v) is 9.98. The van der Waals surface area contributed by atoms with Gasteiger partial charge in [-0.1, -0.05) is 6.92 Å². The van der Waals surface area contributed by atoms with Crippen LogP contribution in [0.4, 0.5) is 0 Å². The number of carbonyl (C=O) groups is 2. The molecule has 1 aliphatic rings. The number of hydrogen-bond acceptors (Lipinski definition) is 3. The molecule has 5 nitrogen and oxygen atoms in total. The maximum absolute atomic E-state index is 11.9. The summed E-state index contributed by atoms with van der Waals surface area (Å²) < 4.78 is 0. The summed E-state index contributed by atoms with van der Waals surface area (Å²) in [5.74, 6) is -0.954. The third-order valence-corrected chi connectivity index (χ3v) is 2.87. The minimum absolute atomic E-state index is 0.0687. The average Bonchev–Trinajstić information content (AvgIpc) is 2.65. The van der Waals surface area contributed by atoms with E-state index >= 15 is 0 Å². The molecule has 1 saturated heterocycles. The SMILES string of the molecule is CCCN(C)CC(=O)N1CCC[C@@H]1C(=O)O. The topological polar surface area (TPSA) is 60.9 Å². The zero-order chi connectivity index (χ0) is 12.1. The molecule has 0 radical (unpaired) electrons. The van der Waals surface area contributed by atoms with Crippen molar-refractivity contribution < 1.29 is 14.7 Å². The van der Waals surface area contributed by atoms with E-state index in [1.165, 1.54) is 4.90 Å². The van der Waals surface area contributed by atoms with Crippen molar-refractivity contribution in [1.29, 1.82) is 0 Å². The molecule has 0 aliphatic carbocycles. The van der Waals surface area contributed by atoms with Crippen LogP contribution in [0.25, 0.3) is 0 Å². The lowest BCUT2D eigenvalue weighted by molar-refractivity contribution is -0.148. The molecule has 1 fully saturated rings. The van der Waals surface area contributed by atoms with Crippen LogP contribution >= 0.6 is 0 Å². The van der Waals surface area contributed by atoms with Crippen molar-refractivity contribution in [2.75, 3.05) is 26.7 Å². The molecule has 0 spiro atoms. The molecular formula is C11H20N2O3. The van der Waals surface area contributed by atoms with E-state index in [2.05, 4.69) is 6.92 Å². The van der Waals surface area contributed by atoms with Crippen molar-refractivity contribution in [1.82, 2.24) is 9.80 Å². The number of hydrogen-bond donors (Lipinski definition) is 1. The largest absolute Gasteiger partial charge is 0.480 e. The number of carboxylic acids is 1. The summed E-state index contributed by atoms with van der Waals surface area (Å²) in [6.07, 6.45) is 2.37. The normalized spacial score (nSPS) is 20.4. The Morgan fingerprint density at radius 3 is 2.75 bits per heavy atom. The van der Waals surface area contributed by atoms with Crippen molar-refractivity contribution in [2.24, 2.45) is 0 Å². The minimum Gasteiger partial charge on any atom is -0.480 e. The number of rotatable bonds is 5. The van der Waals surface area contributed by atoms with Gasteiger partial charge in [0.15, 0.2) is 0 Å². The third kappa shape index (κ3) is 3.20. The maximum atomic E-state index is 11.9. The molecule has 1 N–H and O–H groups in total. The summed E-state index contributed by atoms with van der Waals surface area (Å²) in [6, 6.07) is -0.609. The van der Waals surface area contributed by atoms with Crippen LogP contribution in [-0.4, -0.2) is 59.5 Å². The molecule has 92 valence electrons. The smallest absolute Gasteiger partial charge is 0.326 e. The van der Waals surface area contributed by atoms with Gasteiger partial charge in [-0.15, -0.1) is 0 Å². The first kappa shape index (κ1) is 13.0. The first-order valence-electron chi connectivity index (χ1n) is 5.77. The quantitative estimate of drug-likeness (QED) is 0.740. The fourth-order valence-electron chi connectivity index (χ4n) is 2.10. The van der Waals surface area contributed by atoms with Crippen molar-refractivity contribution in [2.45, 2.75) is 32.2 Å². The van der Waals surface area contributed by atoms with E-state index in [0.29, 0.717) is 19.5 Å². The van der Waals surface area contributed by atoms with E-state index in [1.54, 1.807) is 0 Å². The van der Waals surface area contributed by atoms with E-state index in [1.807, 2.05) is 11.9 Å². The van der Waals surface area contributed by atoms with Crippen LogP contribution in [0.2, 0.25) is 0 Å². The second-order valence-corrected chi connectivity index (χ2v) is 4.32. The van der Waals surface area contributed by atoms with Crippen LogP contribution in [0, 0.1) is 0 Å². The van der Waals surface area contributed by atoms with E-state index < -0.39 is 12.0 Å². The number of aliphatic carboxylic acids is 1. The maximum Gasteiger partial charge on any atom is 0.326 e. The average molecular weight is 228 g/mol. The van der Waals surface area contributed by atoms with E-state index in [4.69, 9.17) is 5.11 Å². The number of nitrogens with zero attached hydrogens (tertiary/aromatic N) is 2. The molecule has 1 rings (SSSR count). The highest BCUT2D eigenvalue weighted by atomic mass is 16.4. The Morgan fingerprint density at radius 2 is 2.19 bits per heavy atom. The Labute approximate surface area is 96.0 Å². The summed E-state index contributed by atoms with van der Waals surface area (Å²) in [6.45, 7) is 3.81. The standard InChI is InChI=1S/C11H20N2O3/c1-3-6-12(2)8-10(14)13-7-4-5-9(13)11(15)16/h9H,3-8H2,1-2H3,(H,15,16)/t9-/m1/s1. The summed E-state index contributed by atoms with van der Waals surface area (Å²) in [5.41, 5.74) is 0. The summed E-state index contributed by atoms with van der Waals surface area (Å²) >= 11 is 0. The number of likely N-dealkylation sites (tertiary alicyclic amines) is 1. The Kier molecular flexibility index (Phi) is 4.73. The number of carbonyl (C=O) groups excluding carboxylic acids is 1. The molecule has 0 bridgehead atoms. The minimum atomic E-state index is -0.885. The van der Waals surface area contributed by atoms with Crippen LogP contribution in [-0.2, 0) is 9.59 Å². The Bertz CT molecular complexity index is 268. The van der Waals surface area contributed by atoms with Crippen LogP contribution in [0.1, 0.15) is 26.2 Å². The Hall–Kier alpha value is -1.10. The van der Waals surface area contributed by atoms with Crippen LogP contribution < -0.4 is 0 Å². The van der Waals surface area contributed by atoms with Gasteiger partial charge in [-0.2, -0.15) is 0 Å². The Morgan fingerprint density at radius 1 is 1.50 bits per heavy atom. The van der Waals surface area contributed by atoms with Crippen molar-refractivity contribution in [3.63, 3.8) is 0 Å². The van der Waals surface area contributed by atoms with Gasteiger partial charge in [-0.3, -0.25) is 9.69 Å². The molecule has 16 heavy (non-hydrogen) atoms. The first-order chi connectivity index (χ1) is 7.56. The second kappa shape index (κ2) is 5.84. The van der Waals surface area contributed by atoms with E-state index in [9.17, 15) is 9.59 Å².